The smallest absolute Gasteiger partial charge is 0.255 e. The van der Waals surface area contributed by atoms with E-state index in [9.17, 15) is 9.59 Å². The van der Waals surface area contributed by atoms with Crippen molar-refractivity contribution in [1.29, 1.82) is 0 Å². The van der Waals surface area contributed by atoms with Crippen LogP contribution >= 0.6 is 23.4 Å². The molecule has 0 saturated carbocycles. The summed E-state index contributed by atoms with van der Waals surface area (Å²) in [6.45, 7) is 4.51. The van der Waals surface area contributed by atoms with Gasteiger partial charge < -0.3 is 14.7 Å². The number of piperazine rings is 1. The van der Waals surface area contributed by atoms with Crippen LogP contribution in [0.5, 0.6) is 0 Å². The van der Waals surface area contributed by atoms with E-state index in [0.29, 0.717) is 24.4 Å². The van der Waals surface area contributed by atoms with Gasteiger partial charge in [-0.25, -0.2) is 0 Å². The summed E-state index contributed by atoms with van der Waals surface area (Å²) in [4.78, 5) is 32.5. The van der Waals surface area contributed by atoms with Crippen molar-refractivity contribution in [3.05, 3.63) is 59.1 Å². The Morgan fingerprint density at radius 2 is 1.50 bits per heavy atom. The third-order valence-electron chi connectivity index (χ3n) is 5.69. The molecular weight excluding hydrogens is 418 g/mol. The second kappa shape index (κ2) is 9.75. The predicted octanol–water partition coefficient (Wildman–Crippen LogP) is 4.02. The van der Waals surface area contributed by atoms with E-state index < -0.39 is 0 Å². The third kappa shape index (κ3) is 4.76. The zero-order chi connectivity index (χ0) is 20.9. The van der Waals surface area contributed by atoms with Gasteiger partial charge in [0, 0.05) is 44.2 Å². The van der Waals surface area contributed by atoms with Crippen molar-refractivity contribution < 1.29 is 9.59 Å². The van der Waals surface area contributed by atoms with Crippen LogP contribution in [0.3, 0.4) is 0 Å². The quantitative estimate of drug-likeness (QED) is 0.655. The van der Waals surface area contributed by atoms with Gasteiger partial charge >= 0.3 is 0 Å². The molecule has 7 heteroatoms. The van der Waals surface area contributed by atoms with Crippen LogP contribution in [-0.4, -0.2) is 66.6 Å². The van der Waals surface area contributed by atoms with E-state index in [-0.39, 0.29) is 11.8 Å². The first-order valence-electron chi connectivity index (χ1n) is 10.4. The Morgan fingerprint density at radius 1 is 0.833 bits per heavy atom. The number of carbonyl (C=O) groups is 2. The number of halogens is 1. The molecule has 2 aliphatic heterocycles. The average Bonchev–Trinajstić information content (AvgIpc) is 3.33. The SMILES string of the molecule is O=C(CSc1ccccc1C(=O)N1CCN(c2ccccc2Cl)CC1)N1CCCC1. The number of benzene rings is 2. The summed E-state index contributed by atoms with van der Waals surface area (Å²) in [5.74, 6) is 0.573. The molecule has 2 amide bonds. The highest BCUT2D eigenvalue weighted by Gasteiger charge is 2.25. The number of para-hydroxylation sites is 1. The Kier molecular flexibility index (Phi) is 6.85. The van der Waals surface area contributed by atoms with Gasteiger partial charge in [-0.15, -0.1) is 11.8 Å². The lowest BCUT2D eigenvalue weighted by Crippen LogP contribution is -2.49. The first kappa shape index (κ1) is 21.1. The molecule has 4 rings (SSSR count). The predicted molar refractivity (Wildman–Crippen MR) is 123 cm³/mol. The molecule has 0 spiro atoms. The highest BCUT2D eigenvalue weighted by molar-refractivity contribution is 8.00. The maximum atomic E-state index is 13.2. The number of rotatable bonds is 5. The summed E-state index contributed by atoms with van der Waals surface area (Å²) in [7, 11) is 0. The van der Waals surface area contributed by atoms with E-state index in [4.69, 9.17) is 11.6 Å². The summed E-state index contributed by atoms with van der Waals surface area (Å²) in [5, 5.41) is 0.738. The lowest BCUT2D eigenvalue weighted by atomic mass is 10.1. The fraction of sp³-hybridized carbons (Fsp3) is 0.391. The normalized spacial score (nSPS) is 16.8. The summed E-state index contributed by atoms with van der Waals surface area (Å²) < 4.78 is 0. The second-order valence-corrected chi connectivity index (χ2v) is 9.03. The standard InChI is InChI=1S/C23H26ClN3O2S/c24-19-8-2-3-9-20(19)25-13-15-27(16-14-25)23(29)18-7-1-4-10-21(18)30-17-22(28)26-11-5-6-12-26/h1-4,7-10H,5-6,11-17H2. The van der Waals surface area contributed by atoms with E-state index in [1.807, 2.05) is 58.3 Å². The number of anilines is 1. The molecule has 2 aliphatic rings. The third-order valence-corrected chi connectivity index (χ3v) is 7.07. The number of hydrogen-bond donors (Lipinski definition) is 0. The van der Waals surface area contributed by atoms with Gasteiger partial charge in [0.2, 0.25) is 5.91 Å². The van der Waals surface area contributed by atoms with Crippen LogP contribution in [-0.2, 0) is 4.79 Å². The van der Waals surface area contributed by atoms with E-state index in [0.717, 1.165) is 54.6 Å². The Balaban J connectivity index is 1.38. The summed E-state index contributed by atoms with van der Waals surface area (Å²) in [6.07, 6.45) is 2.18. The van der Waals surface area contributed by atoms with E-state index in [1.54, 1.807) is 0 Å². The molecule has 2 aromatic rings. The molecule has 0 unspecified atom stereocenters. The molecule has 0 aromatic heterocycles. The highest BCUT2D eigenvalue weighted by atomic mass is 35.5. The fourth-order valence-corrected chi connectivity index (χ4v) is 5.20. The Hall–Kier alpha value is -2.18. The van der Waals surface area contributed by atoms with Gasteiger partial charge in [-0.05, 0) is 37.1 Å². The van der Waals surface area contributed by atoms with Gasteiger partial charge in [0.15, 0.2) is 0 Å². The van der Waals surface area contributed by atoms with Crippen molar-refractivity contribution in [3.63, 3.8) is 0 Å². The topological polar surface area (TPSA) is 43.9 Å². The number of amides is 2. The van der Waals surface area contributed by atoms with E-state index in [1.165, 1.54) is 11.8 Å². The molecule has 0 aliphatic carbocycles. The van der Waals surface area contributed by atoms with Crippen LogP contribution in [0.25, 0.3) is 0 Å². The Bertz CT molecular complexity index is 909. The molecule has 0 atom stereocenters. The minimum absolute atomic E-state index is 0.0329. The molecule has 5 nitrogen and oxygen atoms in total. The molecular formula is C23H26ClN3O2S. The number of likely N-dealkylation sites (tertiary alicyclic amines) is 1. The van der Waals surface area contributed by atoms with Gasteiger partial charge in [-0.3, -0.25) is 9.59 Å². The molecule has 2 saturated heterocycles. The Labute approximate surface area is 187 Å². The minimum atomic E-state index is 0.0329. The van der Waals surface area contributed by atoms with Gasteiger partial charge in [-0.1, -0.05) is 35.9 Å². The molecule has 0 N–H and O–H groups in total. The maximum absolute atomic E-state index is 13.2. The van der Waals surface area contributed by atoms with Crippen molar-refractivity contribution in [2.24, 2.45) is 0 Å². The van der Waals surface area contributed by atoms with Crippen molar-refractivity contribution >= 4 is 40.9 Å². The van der Waals surface area contributed by atoms with Crippen molar-refractivity contribution in [1.82, 2.24) is 9.80 Å². The van der Waals surface area contributed by atoms with Crippen LogP contribution in [0.15, 0.2) is 53.4 Å². The first-order chi connectivity index (χ1) is 14.6. The summed E-state index contributed by atoms with van der Waals surface area (Å²) >= 11 is 7.79. The van der Waals surface area contributed by atoms with Gasteiger partial charge in [0.05, 0.1) is 22.0 Å². The zero-order valence-electron chi connectivity index (χ0n) is 16.9. The zero-order valence-corrected chi connectivity index (χ0v) is 18.5. The average molecular weight is 444 g/mol. The van der Waals surface area contributed by atoms with Crippen LogP contribution in [0.4, 0.5) is 5.69 Å². The maximum Gasteiger partial charge on any atom is 0.255 e. The lowest BCUT2D eigenvalue weighted by molar-refractivity contribution is -0.127. The molecule has 2 heterocycles. The summed E-state index contributed by atoms with van der Waals surface area (Å²) in [6, 6.07) is 15.4. The number of hydrogen-bond acceptors (Lipinski definition) is 4. The largest absolute Gasteiger partial charge is 0.367 e. The molecule has 30 heavy (non-hydrogen) atoms. The van der Waals surface area contributed by atoms with Crippen LogP contribution in [0.2, 0.25) is 5.02 Å². The van der Waals surface area contributed by atoms with E-state index in [2.05, 4.69) is 4.90 Å². The van der Waals surface area contributed by atoms with Crippen molar-refractivity contribution in [2.75, 3.05) is 49.9 Å². The molecule has 2 fully saturated rings. The number of thioether (sulfide) groups is 1. The monoisotopic (exact) mass is 443 g/mol. The Morgan fingerprint density at radius 3 is 2.23 bits per heavy atom. The molecule has 2 aromatic carbocycles. The van der Waals surface area contributed by atoms with Crippen LogP contribution in [0.1, 0.15) is 23.2 Å². The van der Waals surface area contributed by atoms with Crippen molar-refractivity contribution in [2.45, 2.75) is 17.7 Å². The molecule has 158 valence electrons. The van der Waals surface area contributed by atoms with Crippen molar-refractivity contribution in [3.8, 4) is 0 Å². The van der Waals surface area contributed by atoms with Crippen LogP contribution in [0, 0.1) is 0 Å². The van der Waals surface area contributed by atoms with Gasteiger partial charge in [0.25, 0.3) is 5.91 Å². The second-order valence-electron chi connectivity index (χ2n) is 7.60. The minimum Gasteiger partial charge on any atom is -0.367 e. The first-order valence-corrected chi connectivity index (χ1v) is 11.8. The summed E-state index contributed by atoms with van der Waals surface area (Å²) in [5.41, 5.74) is 1.70. The number of carbonyl (C=O) groups excluding carboxylic acids is 2. The lowest BCUT2D eigenvalue weighted by Gasteiger charge is -2.36. The van der Waals surface area contributed by atoms with Gasteiger partial charge in [-0.2, -0.15) is 0 Å². The number of nitrogens with zero attached hydrogens (tertiary/aromatic N) is 3. The molecule has 0 bridgehead atoms. The van der Waals surface area contributed by atoms with E-state index >= 15 is 0 Å². The van der Waals surface area contributed by atoms with Gasteiger partial charge in [0.1, 0.15) is 0 Å². The van der Waals surface area contributed by atoms with Crippen LogP contribution < -0.4 is 4.90 Å². The molecule has 0 radical (unpaired) electrons. The highest BCUT2D eigenvalue weighted by Crippen LogP contribution is 2.28. The fourth-order valence-electron chi connectivity index (χ4n) is 4.00.